The van der Waals surface area contributed by atoms with Crippen LogP contribution in [0.5, 0.6) is 23.0 Å². The molecule has 0 aromatic heterocycles. The highest BCUT2D eigenvalue weighted by molar-refractivity contribution is 7.92. The Morgan fingerprint density at radius 1 is 0.433 bits per heavy atom. The fraction of sp³-hybridized carbons (Fsp3) is 0.455. The summed E-state index contributed by atoms with van der Waals surface area (Å²) >= 11 is 0. The number of hydrogen-bond donors (Lipinski definition) is 0. The molecular weight excluding hydrogens is 948 g/mol. The second-order valence-electron chi connectivity index (χ2n) is 15.3. The number of para-hydroxylation sites is 1. The van der Waals surface area contributed by atoms with Crippen LogP contribution in [-0.4, -0.2) is 152 Å². The number of sulfone groups is 2. The molecule has 2 heterocycles. The van der Waals surface area contributed by atoms with E-state index < -0.39 is 52.1 Å². The summed E-state index contributed by atoms with van der Waals surface area (Å²) < 4.78 is 183. The van der Waals surface area contributed by atoms with Gasteiger partial charge in [-0.3, -0.25) is 9.80 Å². The third kappa shape index (κ3) is 16.2. The molecule has 4 aromatic rings. The molecule has 2 saturated heterocycles. The molecule has 6 rings (SSSR count). The maximum absolute atomic E-state index is 13.6. The van der Waals surface area contributed by atoms with Gasteiger partial charge in [0, 0.05) is 84.6 Å². The fourth-order valence-electron chi connectivity index (χ4n) is 6.85. The second kappa shape index (κ2) is 24.5. The van der Waals surface area contributed by atoms with Crippen molar-refractivity contribution in [1.82, 2.24) is 19.6 Å². The van der Waals surface area contributed by atoms with E-state index >= 15 is 0 Å². The molecule has 2 aliphatic rings. The molecule has 370 valence electrons. The number of piperazine rings is 2. The quantitative estimate of drug-likeness (QED) is 0.0653. The monoisotopic (exact) mass is 998 g/mol. The molecule has 0 N–H and O–H groups in total. The summed E-state index contributed by atoms with van der Waals surface area (Å²) in [6.45, 7) is 11.1. The van der Waals surface area contributed by atoms with Crippen molar-refractivity contribution in [3.8, 4) is 23.0 Å². The Bertz CT molecular complexity index is 2360. The Labute approximate surface area is 383 Å². The molecule has 0 amide bonds. The van der Waals surface area contributed by atoms with Gasteiger partial charge in [0.25, 0.3) is 19.7 Å². The molecule has 0 spiro atoms. The largest absolute Gasteiger partial charge is 0.501 e. The minimum Gasteiger partial charge on any atom is -0.494 e. The van der Waals surface area contributed by atoms with Crippen LogP contribution in [0.2, 0.25) is 0 Å². The number of benzene rings is 4. The standard InChI is InChI=1S/C22H25F5N2O4S.C22H26F4N2O4S/c23-17-2-7-21(20(24)16-17)33-15-13-29-11-9-28(10-12-29)8-1-14-32-18-3-5-19(6-4-18)34(30,31)22(25,26)27;23-20-4-1-2-5-21(20)32-17-15-28-13-11-27(12-14-28)10-3-16-31-18-6-8-19(9-7-18)33(29,30)22(24,25)26/h2-7,16H,1,8-15H2;1-2,4-9H,3,10-17H2. The van der Waals surface area contributed by atoms with E-state index in [1.165, 1.54) is 36.4 Å². The Morgan fingerprint density at radius 2 is 0.806 bits per heavy atom. The average molecular weight is 999 g/mol. The molecule has 0 unspecified atom stereocenters. The highest BCUT2D eigenvalue weighted by atomic mass is 32.2. The summed E-state index contributed by atoms with van der Waals surface area (Å²) in [5.74, 6) is -0.856. The zero-order valence-corrected chi connectivity index (χ0v) is 37.8. The molecule has 0 bridgehead atoms. The molecule has 4 aromatic carbocycles. The lowest BCUT2D eigenvalue weighted by molar-refractivity contribution is -0.0442. The van der Waals surface area contributed by atoms with Gasteiger partial charge in [-0.05, 0) is 85.6 Å². The van der Waals surface area contributed by atoms with Crippen molar-refractivity contribution in [2.24, 2.45) is 0 Å². The van der Waals surface area contributed by atoms with Gasteiger partial charge in [-0.2, -0.15) is 26.3 Å². The number of alkyl halides is 6. The van der Waals surface area contributed by atoms with Crippen LogP contribution in [0, 0.1) is 17.5 Å². The normalized spacial score (nSPS) is 16.0. The minimum atomic E-state index is -5.37. The number of rotatable bonds is 20. The van der Waals surface area contributed by atoms with Crippen LogP contribution in [0.15, 0.2) is 101 Å². The maximum Gasteiger partial charge on any atom is 0.501 e. The maximum atomic E-state index is 13.6. The van der Waals surface area contributed by atoms with Crippen LogP contribution in [0.25, 0.3) is 0 Å². The van der Waals surface area contributed by atoms with Gasteiger partial charge in [0.2, 0.25) is 0 Å². The first-order chi connectivity index (χ1) is 31.7. The fourth-order valence-corrected chi connectivity index (χ4v) is 8.37. The molecule has 0 atom stereocenters. The van der Waals surface area contributed by atoms with Crippen molar-refractivity contribution >= 4 is 19.7 Å². The molecular formula is C44H51F9N4O8S2. The van der Waals surface area contributed by atoms with Crippen molar-refractivity contribution in [3.63, 3.8) is 0 Å². The first kappa shape index (κ1) is 53.1. The van der Waals surface area contributed by atoms with Gasteiger partial charge in [0.05, 0.1) is 23.0 Å². The molecule has 2 fully saturated rings. The lowest BCUT2D eigenvalue weighted by Gasteiger charge is -2.34. The van der Waals surface area contributed by atoms with Crippen LogP contribution in [0.3, 0.4) is 0 Å². The summed E-state index contributed by atoms with van der Waals surface area (Å²) in [5, 5.41) is 0. The van der Waals surface area contributed by atoms with Gasteiger partial charge in [0.1, 0.15) is 30.5 Å². The van der Waals surface area contributed by atoms with Gasteiger partial charge in [-0.25, -0.2) is 30.0 Å². The van der Waals surface area contributed by atoms with E-state index in [9.17, 15) is 56.3 Å². The Hall–Kier alpha value is -4.81. The molecule has 12 nitrogen and oxygen atoms in total. The molecule has 0 aliphatic carbocycles. The molecule has 0 saturated carbocycles. The van der Waals surface area contributed by atoms with E-state index in [1.54, 1.807) is 18.2 Å². The lowest BCUT2D eigenvalue weighted by Crippen LogP contribution is -2.47. The summed E-state index contributed by atoms with van der Waals surface area (Å²) in [5.41, 5.74) is -10.7. The molecule has 23 heteroatoms. The molecule has 67 heavy (non-hydrogen) atoms. The average Bonchev–Trinajstić information content (AvgIpc) is 3.29. The van der Waals surface area contributed by atoms with Crippen molar-refractivity contribution in [2.75, 3.05) is 105 Å². The van der Waals surface area contributed by atoms with E-state index in [0.29, 0.717) is 57.4 Å². The Morgan fingerprint density at radius 3 is 1.18 bits per heavy atom. The van der Waals surface area contributed by atoms with E-state index in [4.69, 9.17) is 18.9 Å². The van der Waals surface area contributed by atoms with Crippen molar-refractivity contribution in [3.05, 3.63) is 108 Å². The number of nitrogens with zero attached hydrogens (tertiary/aromatic N) is 4. The van der Waals surface area contributed by atoms with E-state index in [1.807, 2.05) is 0 Å². The highest BCUT2D eigenvalue weighted by Crippen LogP contribution is 2.32. The van der Waals surface area contributed by atoms with Crippen LogP contribution >= 0.6 is 0 Å². The van der Waals surface area contributed by atoms with Gasteiger partial charge >= 0.3 is 11.0 Å². The third-order valence-electron chi connectivity index (χ3n) is 10.6. The van der Waals surface area contributed by atoms with Crippen LogP contribution in [0.4, 0.5) is 39.5 Å². The highest BCUT2D eigenvalue weighted by Gasteiger charge is 2.47. The van der Waals surface area contributed by atoms with Gasteiger partial charge < -0.3 is 28.7 Å². The lowest BCUT2D eigenvalue weighted by atomic mass is 10.3. The third-order valence-corrected chi connectivity index (χ3v) is 13.6. The van der Waals surface area contributed by atoms with Gasteiger partial charge in [-0.1, -0.05) is 12.1 Å². The topological polar surface area (TPSA) is 118 Å². The van der Waals surface area contributed by atoms with Crippen LogP contribution in [-0.2, 0) is 19.7 Å². The number of halogens is 9. The predicted molar refractivity (Wildman–Crippen MR) is 229 cm³/mol. The van der Waals surface area contributed by atoms with Gasteiger partial charge in [-0.15, -0.1) is 0 Å². The van der Waals surface area contributed by atoms with E-state index in [0.717, 1.165) is 108 Å². The zero-order valence-electron chi connectivity index (χ0n) is 36.2. The van der Waals surface area contributed by atoms with Crippen molar-refractivity contribution in [1.29, 1.82) is 0 Å². The Kier molecular flexibility index (Phi) is 19.4. The summed E-state index contributed by atoms with van der Waals surface area (Å²) in [6, 6.07) is 17.9. The first-order valence-corrected chi connectivity index (χ1v) is 24.1. The molecule has 2 aliphatic heterocycles. The van der Waals surface area contributed by atoms with E-state index in [2.05, 4.69) is 19.6 Å². The summed E-state index contributed by atoms with van der Waals surface area (Å²) in [7, 11) is -10.7. The van der Waals surface area contributed by atoms with Crippen molar-refractivity contribution in [2.45, 2.75) is 33.6 Å². The summed E-state index contributed by atoms with van der Waals surface area (Å²) in [6.07, 6.45) is 1.41. The second-order valence-corrected chi connectivity index (χ2v) is 19.2. The van der Waals surface area contributed by atoms with Gasteiger partial charge in [0.15, 0.2) is 23.1 Å². The Balaban J connectivity index is 0.000000251. The smallest absolute Gasteiger partial charge is 0.494 e. The van der Waals surface area contributed by atoms with Crippen molar-refractivity contribution < 1.29 is 75.3 Å². The van der Waals surface area contributed by atoms with Crippen LogP contribution in [0.1, 0.15) is 12.8 Å². The van der Waals surface area contributed by atoms with Crippen LogP contribution < -0.4 is 18.9 Å². The van der Waals surface area contributed by atoms with E-state index in [-0.39, 0.29) is 17.3 Å². The number of ether oxygens (including phenoxy) is 4. The number of hydrogen-bond acceptors (Lipinski definition) is 12. The predicted octanol–water partition coefficient (Wildman–Crippen LogP) is 7.31. The SMILES string of the molecule is O=S(=O)(c1ccc(OCCCN2CCN(CCOc3ccc(F)cc3F)CC2)cc1)C(F)(F)F.O=S(=O)(c1ccc(OCCCN2CCN(CCOc3ccccc3F)CC2)cc1)C(F)(F)F. The molecule has 0 radical (unpaired) electrons. The minimum absolute atomic E-state index is 0.0247. The zero-order chi connectivity index (χ0) is 48.7. The summed E-state index contributed by atoms with van der Waals surface area (Å²) in [4.78, 5) is 7.35. The first-order valence-electron chi connectivity index (χ1n) is 21.2.